The van der Waals surface area contributed by atoms with Crippen LogP contribution in [-0.4, -0.2) is 6.54 Å². The van der Waals surface area contributed by atoms with Gasteiger partial charge in [0.15, 0.2) is 0 Å². The van der Waals surface area contributed by atoms with E-state index in [0.717, 1.165) is 17.7 Å². The smallest absolute Gasteiger partial charge is 0.142 e. The van der Waals surface area contributed by atoms with Crippen molar-refractivity contribution >= 4 is 27.5 Å². The summed E-state index contributed by atoms with van der Waals surface area (Å²) in [5.74, 6) is -0.724. The highest BCUT2D eigenvalue weighted by Gasteiger charge is 2.15. The highest BCUT2D eigenvalue weighted by atomic mass is 79.9. The van der Waals surface area contributed by atoms with Crippen molar-refractivity contribution in [3.63, 3.8) is 0 Å². The maximum absolute atomic E-state index is 13.6. The van der Waals surface area contributed by atoms with Crippen LogP contribution in [0.3, 0.4) is 0 Å². The number of likely N-dealkylation sites (N-methyl/N-ethyl adjacent to an activating group) is 1. The van der Waals surface area contributed by atoms with E-state index in [4.69, 9.17) is 11.6 Å². The molecule has 1 nitrogen and oxygen atoms in total. The molecule has 0 saturated heterocycles. The van der Waals surface area contributed by atoms with Crippen LogP contribution in [0.1, 0.15) is 24.1 Å². The van der Waals surface area contributed by atoms with Gasteiger partial charge in [0.2, 0.25) is 0 Å². The van der Waals surface area contributed by atoms with Crippen LogP contribution in [0.2, 0.25) is 5.02 Å². The highest BCUT2D eigenvalue weighted by molar-refractivity contribution is 9.10. The van der Waals surface area contributed by atoms with Crippen LogP contribution < -0.4 is 5.32 Å². The number of rotatable bonds is 5. The summed E-state index contributed by atoms with van der Waals surface area (Å²) in [7, 11) is 0. The van der Waals surface area contributed by atoms with E-state index in [-0.39, 0.29) is 16.9 Å². The number of halogens is 4. The molecule has 0 aromatic heterocycles. The first-order valence-electron chi connectivity index (χ1n) is 6.63. The predicted octanol–water partition coefficient (Wildman–Crippen LogP) is 5.27. The SMILES string of the molecule is CCNC(Cc1ccc(F)cc1Br)c1ccc(Cl)c(F)c1. The lowest BCUT2D eigenvalue weighted by Gasteiger charge is -2.19. The zero-order valence-electron chi connectivity index (χ0n) is 11.5. The molecule has 0 amide bonds. The van der Waals surface area contributed by atoms with E-state index < -0.39 is 5.82 Å². The van der Waals surface area contributed by atoms with Crippen LogP contribution in [-0.2, 0) is 6.42 Å². The standard InChI is InChI=1S/C16H15BrClF2N/c1-2-21-16(11-4-6-14(18)15(20)7-11)8-10-3-5-12(19)9-13(10)17/h3-7,9,16,21H,2,8H2,1H3. The second-order valence-electron chi connectivity index (χ2n) is 4.72. The minimum absolute atomic E-state index is 0.0662. The zero-order chi connectivity index (χ0) is 15.4. The summed E-state index contributed by atoms with van der Waals surface area (Å²) in [6.45, 7) is 2.73. The quantitative estimate of drug-likeness (QED) is 0.751. The minimum Gasteiger partial charge on any atom is -0.310 e. The molecule has 0 heterocycles. The van der Waals surface area contributed by atoms with E-state index in [1.54, 1.807) is 18.2 Å². The van der Waals surface area contributed by atoms with Crippen LogP contribution in [0.4, 0.5) is 8.78 Å². The normalized spacial score (nSPS) is 12.4. The number of hydrogen-bond donors (Lipinski definition) is 1. The van der Waals surface area contributed by atoms with E-state index in [2.05, 4.69) is 21.2 Å². The average Bonchev–Trinajstić information content (AvgIpc) is 2.44. The van der Waals surface area contributed by atoms with Crippen molar-refractivity contribution in [3.8, 4) is 0 Å². The molecule has 2 aromatic carbocycles. The summed E-state index contributed by atoms with van der Waals surface area (Å²) < 4.78 is 27.5. The Kier molecular flexibility index (Phi) is 5.73. The summed E-state index contributed by atoms with van der Waals surface area (Å²) in [4.78, 5) is 0. The monoisotopic (exact) mass is 373 g/mol. The molecule has 2 aromatic rings. The summed E-state index contributed by atoms with van der Waals surface area (Å²) in [5, 5.41) is 3.42. The van der Waals surface area contributed by atoms with E-state index in [0.29, 0.717) is 10.9 Å². The molecule has 0 fully saturated rings. The molecule has 2 rings (SSSR count). The second kappa shape index (κ2) is 7.34. The van der Waals surface area contributed by atoms with Gasteiger partial charge in [-0.3, -0.25) is 0 Å². The van der Waals surface area contributed by atoms with Crippen molar-refractivity contribution in [2.75, 3.05) is 6.54 Å². The molecule has 0 radical (unpaired) electrons. The third-order valence-electron chi connectivity index (χ3n) is 3.24. The Hall–Kier alpha value is -0.970. The Labute approximate surface area is 136 Å². The van der Waals surface area contributed by atoms with Crippen LogP contribution in [0.15, 0.2) is 40.9 Å². The molecule has 0 spiro atoms. The van der Waals surface area contributed by atoms with Crippen molar-refractivity contribution in [3.05, 3.63) is 68.7 Å². The van der Waals surface area contributed by atoms with Crippen molar-refractivity contribution in [2.24, 2.45) is 0 Å². The zero-order valence-corrected chi connectivity index (χ0v) is 13.8. The van der Waals surface area contributed by atoms with Gasteiger partial charge < -0.3 is 5.32 Å². The molecule has 1 unspecified atom stereocenters. The Morgan fingerprint density at radius 1 is 1.19 bits per heavy atom. The molecule has 1 atom stereocenters. The first-order valence-corrected chi connectivity index (χ1v) is 7.80. The van der Waals surface area contributed by atoms with Crippen molar-refractivity contribution in [1.29, 1.82) is 0 Å². The molecular weight excluding hydrogens is 360 g/mol. The topological polar surface area (TPSA) is 12.0 Å². The molecule has 0 aliphatic heterocycles. The van der Waals surface area contributed by atoms with Crippen molar-refractivity contribution in [1.82, 2.24) is 5.32 Å². The van der Waals surface area contributed by atoms with E-state index in [9.17, 15) is 8.78 Å². The summed E-state index contributed by atoms with van der Waals surface area (Å²) >= 11 is 9.08. The molecule has 5 heteroatoms. The van der Waals surface area contributed by atoms with E-state index in [1.807, 2.05) is 6.92 Å². The molecule has 1 N–H and O–H groups in total. The number of hydrogen-bond acceptors (Lipinski definition) is 1. The first kappa shape index (κ1) is 16.4. The molecule has 21 heavy (non-hydrogen) atoms. The highest BCUT2D eigenvalue weighted by Crippen LogP contribution is 2.26. The van der Waals surface area contributed by atoms with Gasteiger partial charge in [0, 0.05) is 10.5 Å². The van der Waals surface area contributed by atoms with Gasteiger partial charge in [-0.1, -0.05) is 46.6 Å². The van der Waals surface area contributed by atoms with Gasteiger partial charge in [0.05, 0.1) is 5.02 Å². The van der Waals surface area contributed by atoms with Gasteiger partial charge in [-0.15, -0.1) is 0 Å². The van der Waals surface area contributed by atoms with Gasteiger partial charge >= 0.3 is 0 Å². The molecule has 0 saturated carbocycles. The lowest BCUT2D eigenvalue weighted by molar-refractivity contribution is 0.541. The Balaban J connectivity index is 2.28. The van der Waals surface area contributed by atoms with Crippen LogP contribution >= 0.6 is 27.5 Å². The summed E-state index contributed by atoms with van der Waals surface area (Å²) in [5.41, 5.74) is 1.77. The van der Waals surface area contributed by atoms with Crippen LogP contribution in [0, 0.1) is 11.6 Å². The Morgan fingerprint density at radius 3 is 2.57 bits per heavy atom. The summed E-state index contributed by atoms with van der Waals surface area (Å²) in [6, 6.07) is 9.31. The molecule has 112 valence electrons. The van der Waals surface area contributed by atoms with E-state index in [1.165, 1.54) is 18.2 Å². The van der Waals surface area contributed by atoms with E-state index >= 15 is 0 Å². The maximum Gasteiger partial charge on any atom is 0.142 e. The van der Waals surface area contributed by atoms with Crippen LogP contribution in [0.5, 0.6) is 0 Å². The Bertz CT molecular complexity index is 634. The first-order chi connectivity index (χ1) is 10.0. The molecule has 0 bridgehead atoms. The van der Waals surface area contributed by atoms with Crippen molar-refractivity contribution in [2.45, 2.75) is 19.4 Å². The third kappa shape index (κ3) is 4.25. The van der Waals surface area contributed by atoms with Gasteiger partial charge in [-0.25, -0.2) is 8.78 Å². The molecular formula is C16H15BrClF2N. The fourth-order valence-corrected chi connectivity index (χ4v) is 2.82. The largest absolute Gasteiger partial charge is 0.310 e. The van der Waals surface area contributed by atoms with Gasteiger partial charge in [0.25, 0.3) is 0 Å². The average molecular weight is 375 g/mol. The fourth-order valence-electron chi connectivity index (χ4n) is 2.19. The lowest BCUT2D eigenvalue weighted by atomic mass is 9.98. The van der Waals surface area contributed by atoms with Gasteiger partial charge in [-0.05, 0) is 48.4 Å². The number of benzene rings is 2. The molecule has 0 aliphatic rings. The number of nitrogens with one attached hydrogen (secondary N) is 1. The third-order valence-corrected chi connectivity index (χ3v) is 4.28. The fraction of sp³-hybridized carbons (Fsp3) is 0.250. The van der Waals surface area contributed by atoms with Crippen LogP contribution in [0.25, 0.3) is 0 Å². The Morgan fingerprint density at radius 2 is 1.95 bits per heavy atom. The summed E-state index contributed by atoms with van der Waals surface area (Å²) in [6.07, 6.45) is 0.621. The minimum atomic E-state index is -0.435. The predicted molar refractivity (Wildman–Crippen MR) is 85.6 cm³/mol. The van der Waals surface area contributed by atoms with Gasteiger partial charge in [0.1, 0.15) is 11.6 Å². The lowest BCUT2D eigenvalue weighted by Crippen LogP contribution is -2.23. The van der Waals surface area contributed by atoms with Crippen molar-refractivity contribution < 1.29 is 8.78 Å². The second-order valence-corrected chi connectivity index (χ2v) is 5.99. The molecule has 0 aliphatic carbocycles. The maximum atomic E-state index is 13.6. The van der Waals surface area contributed by atoms with Gasteiger partial charge in [-0.2, -0.15) is 0 Å².